The van der Waals surface area contributed by atoms with E-state index in [0.717, 1.165) is 5.56 Å². The highest BCUT2D eigenvalue weighted by molar-refractivity contribution is 7.89. The fraction of sp³-hybridized carbons (Fsp3) is 0.278. The number of hydrogen-bond acceptors (Lipinski definition) is 3. The Bertz CT molecular complexity index is 857. The zero-order valence-corrected chi connectivity index (χ0v) is 15.9. The van der Waals surface area contributed by atoms with Gasteiger partial charge in [-0.3, -0.25) is 4.79 Å². The third kappa shape index (κ3) is 5.29. The number of amides is 1. The first-order valence-electron chi connectivity index (χ1n) is 7.74. The quantitative estimate of drug-likeness (QED) is 0.832. The molecule has 134 valence electrons. The molecule has 2 aromatic carbocycles. The van der Waals surface area contributed by atoms with Crippen LogP contribution in [0.2, 0.25) is 5.02 Å². The van der Waals surface area contributed by atoms with Crippen LogP contribution in [0, 0.1) is 0 Å². The second-order valence-electron chi connectivity index (χ2n) is 6.63. The number of carbonyl (C=O) groups is 1. The van der Waals surface area contributed by atoms with E-state index in [0.29, 0.717) is 5.69 Å². The number of nitrogens with one attached hydrogen (secondary N) is 2. The van der Waals surface area contributed by atoms with E-state index in [-0.39, 0.29) is 21.9 Å². The van der Waals surface area contributed by atoms with Gasteiger partial charge in [0.2, 0.25) is 15.9 Å². The maximum absolute atomic E-state index is 12.2. The van der Waals surface area contributed by atoms with Crippen molar-refractivity contribution in [1.82, 2.24) is 4.72 Å². The maximum Gasteiger partial charge on any atom is 0.242 e. The number of sulfonamides is 1. The fourth-order valence-corrected chi connectivity index (χ4v) is 3.66. The molecule has 0 aliphatic carbocycles. The normalized spacial score (nSPS) is 12.0. The largest absolute Gasteiger partial charge is 0.325 e. The summed E-state index contributed by atoms with van der Waals surface area (Å²) in [5.41, 5.74) is 1.77. The second-order valence-corrected chi connectivity index (χ2v) is 8.77. The van der Waals surface area contributed by atoms with Crippen LogP contribution in [-0.4, -0.2) is 20.9 Å². The van der Waals surface area contributed by atoms with Crippen LogP contribution in [0.15, 0.2) is 53.4 Å². The van der Waals surface area contributed by atoms with E-state index >= 15 is 0 Å². The summed E-state index contributed by atoms with van der Waals surface area (Å²) in [6, 6.07) is 13.5. The van der Waals surface area contributed by atoms with Gasteiger partial charge in [0.15, 0.2) is 0 Å². The van der Waals surface area contributed by atoms with Gasteiger partial charge in [-0.25, -0.2) is 13.1 Å². The SMILES string of the molecule is CC(C)(C)c1ccc(NC(=O)CNS(=O)(=O)c2ccccc2Cl)cc1. The number of anilines is 1. The number of hydrogen-bond donors (Lipinski definition) is 2. The molecule has 0 aliphatic rings. The predicted molar refractivity (Wildman–Crippen MR) is 100 cm³/mol. The van der Waals surface area contributed by atoms with E-state index < -0.39 is 15.9 Å². The van der Waals surface area contributed by atoms with Crippen LogP contribution in [0.25, 0.3) is 0 Å². The topological polar surface area (TPSA) is 75.3 Å². The molecule has 0 atom stereocenters. The number of benzene rings is 2. The molecule has 1 amide bonds. The van der Waals surface area contributed by atoms with Gasteiger partial charge in [-0.05, 0) is 35.2 Å². The van der Waals surface area contributed by atoms with Crippen LogP contribution in [-0.2, 0) is 20.2 Å². The Morgan fingerprint density at radius 1 is 1.04 bits per heavy atom. The van der Waals surface area contributed by atoms with Crippen molar-refractivity contribution >= 4 is 33.2 Å². The Morgan fingerprint density at radius 2 is 1.64 bits per heavy atom. The van der Waals surface area contributed by atoms with Crippen LogP contribution in [0.4, 0.5) is 5.69 Å². The molecule has 0 bridgehead atoms. The van der Waals surface area contributed by atoms with Gasteiger partial charge in [-0.15, -0.1) is 0 Å². The van der Waals surface area contributed by atoms with Crippen molar-refractivity contribution < 1.29 is 13.2 Å². The van der Waals surface area contributed by atoms with E-state index in [2.05, 4.69) is 30.8 Å². The number of rotatable bonds is 5. The molecule has 0 aliphatic heterocycles. The van der Waals surface area contributed by atoms with Gasteiger partial charge in [0.25, 0.3) is 0 Å². The molecule has 7 heteroatoms. The molecule has 0 saturated heterocycles. The fourth-order valence-electron chi connectivity index (χ4n) is 2.16. The van der Waals surface area contributed by atoms with Gasteiger partial charge in [-0.2, -0.15) is 0 Å². The van der Waals surface area contributed by atoms with Gasteiger partial charge in [0.1, 0.15) is 4.90 Å². The van der Waals surface area contributed by atoms with Crippen molar-refractivity contribution in [2.75, 3.05) is 11.9 Å². The number of carbonyl (C=O) groups excluding carboxylic acids is 1. The lowest BCUT2D eigenvalue weighted by molar-refractivity contribution is -0.115. The van der Waals surface area contributed by atoms with Crippen molar-refractivity contribution in [3.63, 3.8) is 0 Å². The van der Waals surface area contributed by atoms with E-state index in [1.807, 2.05) is 12.1 Å². The minimum absolute atomic E-state index is 0.0210. The minimum Gasteiger partial charge on any atom is -0.325 e. The molecule has 0 unspecified atom stereocenters. The first-order chi connectivity index (χ1) is 11.6. The van der Waals surface area contributed by atoms with Gasteiger partial charge in [-0.1, -0.05) is 56.6 Å². The first-order valence-corrected chi connectivity index (χ1v) is 9.60. The standard InChI is InChI=1S/C18H21ClN2O3S/c1-18(2,3)13-8-10-14(11-9-13)21-17(22)12-20-25(23,24)16-7-5-4-6-15(16)19/h4-11,20H,12H2,1-3H3,(H,21,22). The zero-order valence-electron chi connectivity index (χ0n) is 14.3. The Labute approximate surface area is 153 Å². The molecule has 5 nitrogen and oxygen atoms in total. The molecule has 2 aromatic rings. The third-order valence-electron chi connectivity index (χ3n) is 3.58. The molecule has 0 radical (unpaired) electrons. The van der Waals surface area contributed by atoms with E-state index in [4.69, 9.17) is 11.6 Å². The van der Waals surface area contributed by atoms with Gasteiger partial charge >= 0.3 is 0 Å². The summed E-state index contributed by atoms with van der Waals surface area (Å²) in [4.78, 5) is 11.9. The highest BCUT2D eigenvalue weighted by Crippen LogP contribution is 2.23. The van der Waals surface area contributed by atoms with E-state index in [9.17, 15) is 13.2 Å². The Kier molecular flexibility index (Phi) is 5.87. The molecule has 0 fully saturated rings. The monoisotopic (exact) mass is 380 g/mol. The van der Waals surface area contributed by atoms with Crippen molar-refractivity contribution in [3.8, 4) is 0 Å². The second kappa shape index (κ2) is 7.56. The molecule has 2 rings (SSSR count). The van der Waals surface area contributed by atoms with Crippen LogP contribution in [0.1, 0.15) is 26.3 Å². The van der Waals surface area contributed by atoms with Crippen LogP contribution in [0.3, 0.4) is 0 Å². The van der Waals surface area contributed by atoms with Gasteiger partial charge in [0.05, 0.1) is 11.6 Å². The smallest absolute Gasteiger partial charge is 0.242 e. The summed E-state index contributed by atoms with van der Waals surface area (Å²) < 4.78 is 26.6. The van der Waals surface area contributed by atoms with Crippen LogP contribution >= 0.6 is 11.6 Å². The minimum atomic E-state index is -3.85. The molecule has 0 saturated carbocycles. The third-order valence-corrected chi connectivity index (χ3v) is 5.48. The average Bonchev–Trinajstić information content (AvgIpc) is 2.53. The highest BCUT2D eigenvalue weighted by Gasteiger charge is 2.18. The number of halogens is 1. The van der Waals surface area contributed by atoms with Crippen molar-refractivity contribution in [2.45, 2.75) is 31.1 Å². The lowest BCUT2D eigenvalue weighted by Crippen LogP contribution is -2.33. The average molecular weight is 381 g/mol. The van der Waals surface area contributed by atoms with E-state index in [1.54, 1.807) is 24.3 Å². The summed E-state index contributed by atoms with van der Waals surface area (Å²) in [5, 5.41) is 2.77. The molecule has 25 heavy (non-hydrogen) atoms. The van der Waals surface area contributed by atoms with Crippen molar-refractivity contribution in [3.05, 3.63) is 59.1 Å². The summed E-state index contributed by atoms with van der Waals surface area (Å²) in [6.07, 6.45) is 0. The molecular formula is C18H21ClN2O3S. The summed E-state index contributed by atoms with van der Waals surface area (Å²) in [6.45, 7) is 5.92. The van der Waals surface area contributed by atoms with Gasteiger partial charge in [0, 0.05) is 5.69 Å². The summed E-state index contributed by atoms with van der Waals surface area (Å²) in [7, 11) is -3.85. The molecule has 2 N–H and O–H groups in total. The summed E-state index contributed by atoms with van der Waals surface area (Å²) in [5.74, 6) is -0.459. The molecule has 0 spiro atoms. The first kappa shape index (κ1) is 19.4. The van der Waals surface area contributed by atoms with Crippen molar-refractivity contribution in [1.29, 1.82) is 0 Å². The Hall–Kier alpha value is -1.89. The Morgan fingerprint density at radius 3 is 2.20 bits per heavy atom. The van der Waals surface area contributed by atoms with Gasteiger partial charge < -0.3 is 5.32 Å². The molecular weight excluding hydrogens is 360 g/mol. The van der Waals surface area contributed by atoms with Crippen LogP contribution < -0.4 is 10.0 Å². The lowest BCUT2D eigenvalue weighted by atomic mass is 9.87. The lowest BCUT2D eigenvalue weighted by Gasteiger charge is -2.19. The van der Waals surface area contributed by atoms with Crippen molar-refractivity contribution in [2.24, 2.45) is 0 Å². The predicted octanol–water partition coefficient (Wildman–Crippen LogP) is 3.55. The van der Waals surface area contributed by atoms with Crippen LogP contribution in [0.5, 0.6) is 0 Å². The Balaban J connectivity index is 1.98. The molecule has 0 aromatic heterocycles. The maximum atomic E-state index is 12.2. The highest BCUT2D eigenvalue weighted by atomic mass is 35.5. The zero-order chi connectivity index (χ0) is 18.7. The summed E-state index contributed by atoms with van der Waals surface area (Å²) >= 11 is 5.89. The van der Waals surface area contributed by atoms with E-state index in [1.165, 1.54) is 12.1 Å². The molecule has 0 heterocycles.